The molecule has 0 saturated carbocycles. The number of anilines is 2. The summed E-state index contributed by atoms with van der Waals surface area (Å²) in [7, 11) is -6.14. The van der Waals surface area contributed by atoms with Gasteiger partial charge in [0.2, 0.25) is 0 Å². The fourth-order valence-corrected chi connectivity index (χ4v) is 6.82. The summed E-state index contributed by atoms with van der Waals surface area (Å²) in [4.78, 5) is 44.0. The maximum atomic E-state index is 15.3. The number of aromatic nitrogens is 8. The Morgan fingerprint density at radius 1 is 0.812 bits per heavy atom. The maximum Gasteiger partial charge on any atom is 0.317 e. The Balaban J connectivity index is 1.07. The third-order valence-corrected chi connectivity index (χ3v) is 8.81. The summed E-state index contributed by atoms with van der Waals surface area (Å²) in [5, 5.41) is 25.4. The van der Waals surface area contributed by atoms with E-state index in [9.17, 15) is 19.7 Å². The minimum Gasteiger partial charge on any atom is -0.394 e. The molecule has 24 heteroatoms. The van der Waals surface area contributed by atoms with E-state index in [1.165, 1.54) is 34.4 Å². The van der Waals surface area contributed by atoms with Gasteiger partial charge in [0.1, 0.15) is 37.1 Å². The Bertz CT molecular complexity index is 1700. The first kappa shape index (κ1) is 34.7. The summed E-state index contributed by atoms with van der Waals surface area (Å²) in [5.74, 6) is 0.716. The second-order valence-electron chi connectivity index (χ2n) is 10.4. The van der Waals surface area contributed by atoms with Crippen LogP contribution < -0.4 is 10.6 Å². The first-order valence-electron chi connectivity index (χ1n) is 14.3. The van der Waals surface area contributed by atoms with E-state index in [1.807, 2.05) is 0 Å². The monoisotopic (exact) mass is 734 g/mol. The van der Waals surface area contributed by atoms with Gasteiger partial charge in [-0.1, -0.05) is 12.2 Å². The van der Waals surface area contributed by atoms with Gasteiger partial charge in [-0.2, -0.15) is 0 Å². The van der Waals surface area contributed by atoms with Gasteiger partial charge in [0.15, 0.2) is 65.9 Å². The maximum absolute atomic E-state index is 15.3. The highest BCUT2D eigenvalue weighted by atomic mass is 32.4. The Labute approximate surface area is 275 Å². The summed E-state index contributed by atoms with van der Waals surface area (Å²) >= 11 is 4.68. The molecule has 4 unspecified atom stereocenters. The van der Waals surface area contributed by atoms with Crippen molar-refractivity contribution in [3.8, 4) is 0 Å². The van der Waals surface area contributed by atoms with Gasteiger partial charge < -0.3 is 49.2 Å². The minimum atomic E-state index is -3.49. The molecule has 260 valence electrons. The fraction of sp³-hybridized carbons (Fsp3) is 0.500. The van der Waals surface area contributed by atoms with Crippen molar-refractivity contribution >= 4 is 61.2 Å². The van der Waals surface area contributed by atoms with E-state index in [0.717, 1.165) is 0 Å². The number of rotatable bonds is 14. The van der Waals surface area contributed by atoms with Crippen LogP contribution in [0.1, 0.15) is 12.5 Å². The quantitative estimate of drug-likeness (QED) is 0.0746. The van der Waals surface area contributed by atoms with Gasteiger partial charge >= 0.3 is 8.25 Å². The van der Waals surface area contributed by atoms with Crippen molar-refractivity contribution < 1.29 is 51.9 Å². The molecule has 0 radical (unpaired) electrons. The summed E-state index contributed by atoms with van der Waals surface area (Å²) < 4.78 is 65.3. The van der Waals surface area contributed by atoms with E-state index in [2.05, 4.69) is 52.3 Å². The SMILES string of the molecule is O=[PH](O)O[C@@H]1[C@@H](CO)OC(n2cnc3c(NC/C=C/CNc4ncnc5c4ncn5[C@@H]4OC(CO)[C@@H](O[PH](O)=S)[C@H]4F)ncnc32)[C@@H]1F. The van der Waals surface area contributed by atoms with Gasteiger partial charge in [-0.15, -0.1) is 0 Å². The highest BCUT2D eigenvalue weighted by Crippen LogP contribution is 2.40. The molecule has 0 aliphatic carbocycles. The molecule has 4 aromatic heterocycles. The van der Waals surface area contributed by atoms with E-state index in [0.29, 0.717) is 35.8 Å². The van der Waals surface area contributed by atoms with Crippen molar-refractivity contribution in [2.24, 2.45) is 0 Å². The highest BCUT2D eigenvalue weighted by Gasteiger charge is 2.49. The smallest absolute Gasteiger partial charge is 0.317 e. The number of fused-ring (bicyclic) bond motifs is 2. The van der Waals surface area contributed by atoms with Crippen LogP contribution in [0.4, 0.5) is 20.4 Å². The summed E-state index contributed by atoms with van der Waals surface area (Å²) in [6.07, 6.45) is -2.35. The van der Waals surface area contributed by atoms with Gasteiger partial charge in [0, 0.05) is 13.1 Å². The van der Waals surface area contributed by atoms with Crippen LogP contribution in [0, 0.1) is 0 Å². The van der Waals surface area contributed by atoms with Crippen LogP contribution in [0.5, 0.6) is 0 Å². The number of ether oxygens (including phenoxy) is 2. The normalized spacial score (nSPS) is 28.9. The van der Waals surface area contributed by atoms with Crippen LogP contribution >= 0.6 is 15.4 Å². The first-order valence-corrected chi connectivity index (χ1v) is 18.0. The number of hydrogen-bond acceptors (Lipinski definition) is 16. The lowest BCUT2D eigenvalue weighted by Gasteiger charge is -2.17. The molecule has 0 bridgehead atoms. The zero-order chi connectivity index (χ0) is 33.9. The molecule has 2 fully saturated rings. The van der Waals surface area contributed by atoms with Crippen LogP contribution in [0.2, 0.25) is 0 Å². The van der Waals surface area contributed by atoms with Crippen molar-refractivity contribution in [1.82, 2.24) is 39.0 Å². The van der Waals surface area contributed by atoms with E-state index in [1.54, 1.807) is 12.2 Å². The van der Waals surface area contributed by atoms with Gasteiger partial charge in [0.25, 0.3) is 0 Å². The van der Waals surface area contributed by atoms with E-state index < -0.39 is 77.8 Å². The molecule has 19 nitrogen and oxygen atoms in total. The number of nitrogens with zero attached hydrogens (tertiary/aromatic N) is 8. The van der Waals surface area contributed by atoms with Gasteiger partial charge in [-0.05, 0) is 11.8 Å². The number of alkyl halides is 2. The van der Waals surface area contributed by atoms with Crippen LogP contribution in [0.25, 0.3) is 22.3 Å². The average molecular weight is 735 g/mol. The molecule has 6 rings (SSSR count). The molecule has 0 aromatic carbocycles. The van der Waals surface area contributed by atoms with Crippen LogP contribution in [-0.4, -0.2) is 122 Å². The third kappa shape index (κ3) is 6.96. The van der Waals surface area contributed by atoms with Gasteiger partial charge in [0.05, 0.1) is 25.9 Å². The van der Waals surface area contributed by atoms with E-state index in [-0.39, 0.29) is 11.3 Å². The van der Waals surface area contributed by atoms with Crippen molar-refractivity contribution in [2.45, 2.75) is 49.2 Å². The standard InChI is InChI=1S/C24H30F2N10O9P2S/c25-13-17(44-46(39)40)11(5-37)42-23(13)35-9-33-15-19(29-7-31-21(15)35)27-3-1-2-4-28-20-16-22(32-8-30-20)36(10-34-16)24-14(26)18(45-47(41)48)12(6-38)43-24/h1-2,7-14,17-18,23-24,37-38,46-47H,3-6H2,(H,39,40)(H,41,48)(H,27,29,31)(H,28,30,32)/b2-1+/t11-,12?,13-,14-,17-,18-,23?,24-/m1/s1. The predicted octanol–water partition coefficient (Wildman–Crippen LogP) is 0.153. The fourth-order valence-electron chi connectivity index (χ4n) is 5.46. The summed E-state index contributed by atoms with van der Waals surface area (Å²) in [6.45, 7) is -0.546. The third-order valence-electron chi connectivity index (χ3n) is 7.57. The summed E-state index contributed by atoms with van der Waals surface area (Å²) in [5.41, 5.74) is 1.15. The molecule has 6 N–H and O–H groups in total. The molecule has 10 atom stereocenters. The lowest BCUT2D eigenvalue weighted by Crippen LogP contribution is -2.32. The van der Waals surface area contributed by atoms with Crippen molar-refractivity contribution in [2.75, 3.05) is 36.9 Å². The highest BCUT2D eigenvalue weighted by molar-refractivity contribution is 8.00. The topological polar surface area (TPSA) is 246 Å². The van der Waals surface area contributed by atoms with E-state index in [4.69, 9.17) is 23.4 Å². The molecule has 2 saturated heterocycles. The molecule has 2 aliphatic heterocycles. The number of nitrogens with one attached hydrogen (secondary N) is 2. The molecule has 6 heterocycles. The molecule has 2 aliphatic rings. The van der Waals surface area contributed by atoms with Gasteiger partial charge in [-0.3, -0.25) is 13.7 Å². The Kier molecular flexibility index (Phi) is 11.0. The molecule has 0 spiro atoms. The molecular weight excluding hydrogens is 704 g/mol. The zero-order valence-corrected chi connectivity index (χ0v) is 27.3. The Hall–Kier alpha value is -3.14. The average Bonchev–Trinajstić information content (AvgIpc) is 3.83. The number of halogens is 2. The summed E-state index contributed by atoms with van der Waals surface area (Å²) in [6, 6.07) is 0. The lowest BCUT2D eigenvalue weighted by molar-refractivity contribution is -0.0436. The van der Waals surface area contributed by atoms with E-state index >= 15 is 8.78 Å². The van der Waals surface area contributed by atoms with Crippen LogP contribution in [0.15, 0.2) is 37.5 Å². The number of imidazole rings is 2. The van der Waals surface area contributed by atoms with Gasteiger partial charge in [-0.25, -0.2) is 38.7 Å². The van der Waals surface area contributed by atoms with Crippen molar-refractivity contribution in [3.63, 3.8) is 0 Å². The number of aliphatic hydroxyl groups excluding tert-OH is 2. The Morgan fingerprint density at radius 2 is 1.27 bits per heavy atom. The number of hydrogen-bond donors (Lipinski definition) is 6. The van der Waals surface area contributed by atoms with Crippen LogP contribution in [-0.2, 0) is 34.9 Å². The molecule has 4 aromatic rings. The molecule has 48 heavy (non-hydrogen) atoms. The molecular formula is C24H30F2N10O9P2S. The second kappa shape index (κ2) is 15.2. The van der Waals surface area contributed by atoms with Crippen LogP contribution in [0.3, 0.4) is 0 Å². The predicted molar refractivity (Wildman–Crippen MR) is 167 cm³/mol. The largest absolute Gasteiger partial charge is 0.394 e. The van der Waals surface area contributed by atoms with Crippen molar-refractivity contribution in [3.05, 3.63) is 37.5 Å². The first-order chi connectivity index (χ1) is 23.2. The number of aliphatic hydroxyl groups is 2. The van der Waals surface area contributed by atoms with Crippen molar-refractivity contribution in [1.29, 1.82) is 0 Å². The minimum absolute atomic E-state index is 0.225. The second-order valence-corrected chi connectivity index (χ2v) is 13.0. The Morgan fingerprint density at radius 3 is 1.69 bits per heavy atom. The lowest BCUT2D eigenvalue weighted by atomic mass is 10.1. The zero-order valence-electron chi connectivity index (χ0n) is 24.5. The molecule has 0 amide bonds.